The van der Waals surface area contributed by atoms with E-state index in [2.05, 4.69) is 11.8 Å². The third kappa shape index (κ3) is 3.54. The topological polar surface area (TPSA) is 54.5 Å². The fourth-order valence-electron chi connectivity index (χ4n) is 2.73. The predicted octanol–water partition coefficient (Wildman–Crippen LogP) is 1.65. The minimum absolute atomic E-state index is 0.0642. The van der Waals surface area contributed by atoms with Gasteiger partial charge in [-0.25, -0.2) is 0 Å². The summed E-state index contributed by atoms with van der Waals surface area (Å²) in [5.74, 6) is 0.0642. The second kappa shape index (κ2) is 6.79. The van der Waals surface area contributed by atoms with E-state index in [1.165, 1.54) is 25.9 Å². The van der Waals surface area contributed by atoms with Crippen molar-refractivity contribution in [2.75, 3.05) is 39.0 Å². The number of hydrogen-bond acceptors (Lipinski definition) is 3. The molecule has 0 aliphatic carbocycles. The normalized spacial score (nSPS) is 15.7. The maximum atomic E-state index is 12.5. The minimum atomic E-state index is 0.0642. The van der Waals surface area contributed by atoms with E-state index in [9.17, 15) is 4.79 Å². The van der Waals surface area contributed by atoms with Crippen LogP contribution in [0.25, 0.3) is 0 Å². The van der Waals surface area contributed by atoms with Gasteiger partial charge in [0, 0.05) is 32.9 Å². The highest BCUT2D eigenvalue weighted by atomic mass is 16.2. The third-order valence-electron chi connectivity index (χ3n) is 3.90. The number of likely N-dealkylation sites (N-methyl/N-ethyl adjacent to an activating group) is 1. The summed E-state index contributed by atoms with van der Waals surface area (Å²) in [5.41, 5.74) is 7.19. The number of likely N-dealkylation sites (tertiary alicyclic amines) is 1. The lowest BCUT2D eigenvalue weighted by atomic mass is 10.3. The Morgan fingerprint density at radius 2 is 2.05 bits per heavy atom. The Balaban J connectivity index is 1.94. The summed E-state index contributed by atoms with van der Waals surface area (Å²) in [5, 5.41) is 0. The van der Waals surface area contributed by atoms with Gasteiger partial charge in [0.1, 0.15) is 5.69 Å². The van der Waals surface area contributed by atoms with Gasteiger partial charge in [-0.05, 0) is 38.4 Å². The van der Waals surface area contributed by atoms with E-state index in [1.54, 1.807) is 11.0 Å². The number of nitrogens with zero attached hydrogens (tertiary/aromatic N) is 3. The Kier molecular flexibility index (Phi) is 5.06. The van der Waals surface area contributed by atoms with E-state index in [0.717, 1.165) is 26.1 Å². The van der Waals surface area contributed by atoms with Crippen LogP contribution >= 0.6 is 0 Å². The van der Waals surface area contributed by atoms with Crippen LogP contribution in [0, 0.1) is 0 Å². The highest BCUT2D eigenvalue weighted by Gasteiger charge is 2.18. The molecule has 1 amide bonds. The van der Waals surface area contributed by atoms with Crippen LogP contribution in [0.2, 0.25) is 0 Å². The number of aromatic nitrogens is 1. The Labute approximate surface area is 121 Å². The van der Waals surface area contributed by atoms with E-state index in [4.69, 9.17) is 5.73 Å². The van der Waals surface area contributed by atoms with Gasteiger partial charge in [0.25, 0.3) is 5.91 Å². The minimum Gasteiger partial charge on any atom is -0.397 e. The smallest absolute Gasteiger partial charge is 0.270 e. The first-order chi connectivity index (χ1) is 9.61. The van der Waals surface area contributed by atoms with Gasteiger partial charge in [-0.1, -0.05) is 6.92 Å². The summed E-state index contributed by atoms with van der Waals surface area (Å²) in [6.45, 7) is 7.00. The van der Waals surface area contributed by atoms with Crippen molar-refractivity contribution in [3.8, 4) is 0 Å². The van der Waals surface area contributed by atoms with Gasteiger partial charge in [0.2, 0.25) is 0 Å². The average Bonchev–Trinajstić information content (AvgIpc) is 3.05. The zero-order valence-corrected chi connectivity index (χ0v) is 12.6. The van der Waals surface area contributed by atoms with Crippen molar-refractivity contribution in [2.45, 2.75) is 32.7 Å². The predicted molar refractivity (Wildman–Crippen MR) is 81.8 cm³/mol. The molecule has 112 valence electrons. The average molecular weight is 278 g/mol. The summed E-state index contributed by atoms with van der Waals surface area (Å²) in [7, 11) is 1.87. The second-order valence-electron chi connectivity index (χ2n) is 5.63. The molecule has 0 saturated carbocycles. The molecule has 2 rings (SSSR count). The highest BCUT2D eigenvalue weighted by Crippen LogP contribution is 2.14. The first-order valence-electron chi connectivity index (χ1n) is 7.55. The van der Waals surface area contributed by atoms with Crippen LogP contribution in [0.4, 0.5) is 5.69 Å². The molecule has 1 aromatic heterocycles. The maximum Gasteiger partial charge on any atom is 0.270 e. The second-order valence-corrected chi connectivity index (χ2v) is 5.63. The summed E-state index contributed by atoms with van der Waals surface area (Å²) in [6, 6.07) is 1.78. The van der Waals surface area contributed by atoms with Crippen molar-refractivity contribution < 1.29 is 4.79 Å². The van der Waals surface area contributed by atoms with Crippen LogP contribution in [0.5, 0.6) is 0 Å². The van der Waals surface area contributed by atoms with Crippen molar-refractivity contribution in [1.82, 2.24) is 14.4 Å². The van der Waals surface area contributed by atoms with Gasteiger partial charge >= 0.3 is 0 Å². The number of anilines is 1. The number of carbonyl (C=O) groups is 1. The van der Waals surface area contributed by atoms with Gasteiger partial charge in [0.05, 0.1) is 5.69 Å². The van der Waals surface area contributed by atoms with Gasteiger partial charge < -0.3 is 20.1 Å². The van der Waals surface area contributed by atoms with E-state index in [0.29, 0.717) is 11.4 Å². The van der Waals surface area contributed by atoms with Crippen LogP contribution in [0.15, 0.2) is 12.3 Å². The van der Waals surface area contributed by atoms with Crippen molar-refractivity contribution in [2.24, 2.45) is 0 Å². The fraction of sp³-hybridized carbons (Fsp3) is 0.667. The number of aryl methyl sites for hydroxylation is 1. The lowest BCUT2D eigenvalue weighted by Gasteiger charge is -2.22. The highest BCUT2D eigenvalue weighted by molar-refractivity contribution is 5.93. The van der Waals surface area contributed by atoms with Crippen LogP contribution in [0.3, 0.4) is 0 Å². The molecule has 0 bridgehead atoms. The van der Waals surface area contributed by atoms with Crippen LogP contribution in [0.1, 0.15) is 36.7 Å². The molecule has 0 radical (unpaired) electrons. The Morgan fingerprint density at radius 1 is 1.35 bits per heavy atom. The Hall–Kier alpha value is -1.49. The third-order valence-corrected chi connectivity index (χ3v) is 3.90. The molecule has 2 N–H and O–H groups in total. The number of rotatable bonds is 6. The quantitative estimate of drug-likeness (QED) is 0.861. The van der Waals surface area contributed by atoms with Crippen LogP contribution in [-0.2, 0) is 6.54 Å². The van der Waals surface area contributed by atoms with Crippen molar-refractivity contribution in [3.63, 3.8) is 0 Å². The summed E-state index contributed by atoms with van der Waals surface area (Å²) in [6.07, 6.45) is 5.41. The standard InChI is InChI=1S/C15H26N4O/c1-3-6-19-12-13(16)11-14(19)15(20)17(2)9-10-18-7-4-5-8-18/h11-12H,3-10,16H2,1-2H3. The van der Waals surface area contributed by atoms with E-state index < -0.39 is 0 Å². The molecular weight excluding hydrogens is 252 g/mol. The summed E-state index contributed by atoms with van der Waals surface area (Å²) >= 11 is 0. The lowest BCUT2D eigenvalue weighted by Crippen LogP contribution is -2.36. The first-order valence-corrected chi connectivity index (χ1v) is 7.55. The molecule has 1 fully saturated rings. The molecule has 20 heavy (non-hydrogen) atoms. The van der Waals surface area contributed by atoms with E-state index in [1.807, 2.05) is 17.8 Å². The molecule has 1 aliphatic heterocycles. The van der Waals surface area contributed by atoms with Crippen LogP contribution < -0.4 is 5.73 Å². The SMILES string of the molecule is CCCn1cc(N)cc1C(=O)N(C)CCN1CCCC1. The number of hydrogen-bond donors (Lipinski definition) is 1. The summed E-state index contributed by atoms with van der Waals surface area (Å²) < 4.78 is 1.96. The zero-order valence-electron chi connectivity index (χ0n) is 12.6. The zero-order chi connectivity index (χ0) is 14.5. The van der Waals surface area contributed by atoms with Crippen molar-refractivity contribution in [3.05, 3.63) is 18.0 Å². The molecule has 0 atom stereocenters. The number of nitrogens with two attached hydrogens (primary N) is 1. The number of nitrogen functional groups attached to an aromatic ring is 1. The molecule has 5 nitrogen and oxygen atoms in total. The van der Waals surface area contributed by atoms with Crippen molar-refractivity contribution in [1.29, 1.82) is 0 Å². The molecule has 2 heterocycles. The molecule has 1 aromatic rings. The Morgan fingerprint density at radius 3 is 2.70 bits per heavy atom. The van der Waals surface area contributed by atoms with Gasteiger partial charge in [0.15, 0.2) is 0 Å². The lowest BCUT2D eigenvalue weighted by molar-refractivity contribution is 0.0771. The molecule has 5 heteroatoms. The fourth-order valence-corrected chi connectivity index (χ4v) is 2.73. The molecular formula is C15H26N4O. The molecule has 0 unspecified atom stereocenters. The van der Waals surface area contributed by atoms with Gasteiger partial charge in [-0.2, -0.15) is 0 Å². The first kappa shape index (κ1) is 14.9. The molecule has 1 saturated heterocycles. The largest absolute Gasteiger partial charge is 0.397 e. The van der Waals surface area contributed by atoms with Gasteiger partial charge in [-0.3, -0.25) is 4.79 Å². The summed E-state index contributed by atoms with van der Waals surface area (Å²) in [4.78, 5) is 16.7. The number of amides is 1. The monoisotopic (exact) mass is 278 g/mol. The van der Waals surface area contributed by atoms with Crippen LogP contribution in [-0.4, -0.2) is 53.5 Å². The van der Waals surface area contributed by atoms with E-state index >= 15 is 0 Å². The molecule has 0 spiro atoms. The van der Waals surface area contributed by atoms with E-state index in [-0.39, 0.29) is 5.91 Å². The van der Waals surface area contributed by atoms with Gasteiger partial charge in [-0.15, -0.1) is 0 Å². The Bertz CT molecular complexity index is 449. The van der Waals surface area contributed by atoms with Crippen molar-refractivity contribution >= 4 is 11.6 Å². The molecule has 1 aliphatic rings. The molecule has 0 aromatic carbocycles. The maximum absolute atomic E-state index is 12.5. The number of carbonyl (C=O) groups excluding carboxylic acids is 1.